The van der Waals surface area contributed by atoms with E-state index < -0.39 is 0 Å². The van der Waals surface area contributed by atoms with Crippen LogP contribution < -0.4 is 15.2 Å². The summed E-state index contributed by atoms with van der Waals surface area (Å²) < 4.78 is 11.8. The van der Waals surface area contributed by atoms with E-state index in [0.29, 0.717) is 17.1 Å². The Morgan fingerprint density at radius 3 is 2.57 bits per heavy atom. The number of nitrogens with zero attached hydrogens (tertiary/aromatic N) is 1. The van der Waals surface area contributed by atoms with Crippen molar-refractivity contribution in [2.45, 2.75) is 6.92 Å². The number of methoxy groups -OCH3 is 1. The van der Waals surface area contributed by atoms with Gasteiger partial charge in [-0.1, -0.05) is 11.2 Å². The number of hydrogen-bond donors (Lipinski definition) is 2. The van der Waals surface area contributed by atoms with Crippen molar-refractivity contribution in [3.8, 4) is 17.2 Å². The van der Waals surface area contributed by atoms with Crippen molar-refractivity contribution in [2.24, 2.45) is 10.9 Å². The van der Waals surface area contributed by atoms with Crippen LogP contribution in [0.5, 0.6) is 17.2 Å². The third kappa shape index (κ3) is 3.46. The average Bonchev–Trinajstić information content (AvgIpc) is 2.48. The van der Waals surface area contributed by atoms with Gasteiger partial charge in [-0.25, -0.2) is 0 Å². The topological polar surface area (TPSA) is 77.1 Å². The predicted octanol–water partition coefficient (Wildman–Crippen LogP) is 3.65. The van der Waals surface area contributed by atoms with E-state index in [2.05, 4.69) is 21.1 Å². The van der Waals surface area contributed by atoms with E-state index in [9.17, 15) is 0 Å². The Hall–Kier alpha value is -2.21. The van der Waals surface area contributed by atoms with Gasteiger partial charge in [0.15, 0.2) is 5.84 Å². The lowest BCUT2D eigenvalue weighted by Crippen LogP contribution is -2.14. The second kappa shape index (κ2) is 6.49. The summed E-state index contributed by atoms with van der Waals surface area (Å²) in [6.07, 6.45) is 0. The van der Waals surface area contributed by atoms with Gasteiger partial charge in [0.2, 0.25) is 0 Å². The molecule has 5 nitrogen and oxygen atoms in total. The zero-order chi connectivity index (χ0) is 15.4. The van der Waals surface area contributed by atoms with Crippen molar-refractivity contribution in [1.82, 2.24) is 0 Å². The maximum atomic E-state index is 8.85. The number of aryl methyl sites for hydroxylation is 1. The molecule has 2 rings (SSSR count). The molecule has 0 aliphatic rings. The van der Waals surface area contributed by atoms with E-state index >= 15 is 0 Å². The molecule has 0 aromatic heterocycles. The SMILES string of the molecule is COc1ccc(Oc2cc(C)ccc2/C(N)=N/O)c(Br)c1. The Balaban J connectivity index is 2.41. The second-order valence-corrected chi connectivity index (χ2v) is 5.24. The molecule has 0 unspecified atom stereocenters. The molecule has 0 aliphatic carbocycles. The van der Waals surface area contributed by atoms with Crippen molar-refractivity contribution < 1.29 is 14.7 Å². The van der Waals surface area contributed by atoms with Crippen LogP contribution in [-0.2, 0) is 0 Å². The fourth-order valence-corrected chi connectivity index (χ4v) is 2.23. The molecule has 110 valence electrons. The van der Waals surface area contributed by atoms with Gasteiger partial charge in [0.1, 0.15) is 17.2 Å². The highest BCUT2D eigenvalue weighted by Crippen LogP contribution is 2.34. The number of benzene rings is 2. The molecule has 0 atom stereocenters. The fourth-order valence-electron chi connectivity index (χ4n) is 1.79. The van der Waals surface area contributed by atoms with Crippen LogP contribution in [0.2, 0.25) is 0 Å². The van der Waals surface area contributed by atoms with Gasteiger partial charge in [-0.2, -0.15) is 0 Å². The van der Waals surface area contributed by atoms with Gasteiger partial charge in [0.25, 0.3) is 0 Å². The largest absolute Gasteiger partial charge is 0.497 e. The van der Waals surface area contributed by atoms with Crippen LogP contribution >= 0.6 is 15.9 Å². The van der Waals surface area contributed by atoms with Crippen LogP contribution in [0.3, 0.4) is 0 Å². The lowest BCUT2D eigenvalue weighted by atomic mass is 10.1. The number of hydrogen-bond acceptors (Lipinski definition) is 4. The summed E-state index contributed by atoms with van der Waals surface area (Å²) in [6, 6.07) is 10.8. The van der Waals surface area contributed by atoms with Gasteiger partial charge in [-0.3, -0.25) is 0 Å². The Bertz CT molecular complexity index is 687. The molecular weight excluding hydrogens is 336 g/mol. The van der Waals surface area contributed by atoms with Gasteiger partial charge >= 0.3 is 0 Å². The molecule has 6 heteroatoms. The standard InChI is InChI=1S/C15H15BrN2O3/c1-9-3-5-11(15(17)18-19)14(7-9)21-13-6-4-10(20-2)8-12(13)16/h3-8,19H,1-2H3,(H2,17,18). The normalized spacial score (nSPS) is 11.3. The first-order valence-electron chi connectivity index (χ1n) is 6.15. The first kappa shape index (κ1) is 15.2. The molecule has 21 heavy (non-hydrogen) atoms. The molecule has 0 amide bonds. The number of ether oxygens (including phenoxy) is 2. The van der Waals surface area contributed by atoms with E-state index in [1.807, 2.05) is 19.1 Å². The highest BCUT2D eigenvalue weighted by Gasteiger charge is 2.12. The minimum absolute atomic E-state index is 0.00497. The van der Waals surface area contributed by atoms with E-state index in [0.717, 1.165) is 15.8 Å². The van der Waals surface area contributed by atoms with Gasteiger partial charge < -0.3 is 20.4 Å². The van der Waals surface area contributed by atoms with E-state index in [1.165, 1.54) is 0 Å². The molecular formula is C15H15BrN2O3. The van der Waals surface area contributed by atoms with Crippen molar-refractivity contribution in [1.29, 1.82) is 0 Å². The lowest BCUT2D eigenvalue weighted by Gasteiger charge is -2.13. The molecule has 0 aliphatic heterocycles. The first-order chi connectivity index (χ1) is 10.0. The van der Waals surface area contributed by atoms with Crippen LogP contribution in [0.15, 0.2) is 46.0 Å². The smallest absolute Gasteiger partial charge is 0.173 e. The van der Waals surface area contributed by atoms with Crippen molar-refractivity contribution in [2.75, 3.05) is 7.11 Å². The van der Waals surface area contributed by atoms with Crippen LogP contribution in [0.4, 0.5) is 0 Å². The molecule has 0 saturated heterocycles. The minimum atomic E-state index is -0.00497. The van der Waals surface area contributed by atoms with Crippen LogP contribution in [0.1, 0.15) is 11.1 Å². The molecule has 0 spiro atoms. The number of nitrogens with two attached hydrogens (primary N) is 1. The van der Waals surface area contributed by atoms with Gasteiger partial charge in [-0.05, 0) is 58.7 Å². The Morgan fingerprint density at radius 2 is 1.95 bits per heavy atom. The Morgan fingerprint density at radius 1 is 1.19 bits per heavy atom. The summed E-state index contributed by atoms with van der Waals surface area (Å²) in [4.78, 5) is 0. The molecule has 0 bridgehead atoms. The van der Waals surface area contributed by atoms with E-state index in [-0.39, 0.29) is 5.84 Å². The van der Waals surface area contributed by atoms with E-state index in [4.69, 9.17) is 20.4 Å². The first-order valence-corrected chi connectivity index (χ1v) is 6.94. The summed E-state index contributed by atoms with van der Waals surface area (Å²) in [5, 5.41) is 11.9. The third-order valence-electron chi connectivity index (χ3n) is 2.88. The van der Waals surface area contributed by atoms with Crippen molar-refractivity contribution in [3.63, 3.8) is 0 Å². The van der Waals surface area contributed by atoms with Gasteiger partial charge in [-0.15, -0.1) is 0 Å². The highest BCUT2D eigenvalue weighted by molar-refractivity contribution is 9.10. The average molecular weight is 351 g/mol. The molecule has 2 aromatic rings. The summed E-state index contributed by atoms with van der Waals surface area (Å²) >= 11 is 3.43. The maximum Gasteiger partial charge on any atom is 0.173 e. The molecule has 2 aromatic carbocycles. The second-order valence-electron chi connectivity index (χ2n) is 4.38. The Labute approximate surface area is 131 Å². The quantitative estimate of drug-likeness (QED) is 0.382. The summed E-state index contributed by atoms with van der Waals surface area (Å²) in [6.45, 7) is 1.94. The summed E-state index contributed by atoms with van der Waals surface area (Å²) in [7, 11) is 1.60. The fraction of sp³-hybridized carbons (Fsp3) is 0.133. The summed E-state index contributed by atoms with van der Waals surface area (Å²) in [5.41, 5.74) is 7.19. The molecule has 0 heterocycles. The van der Waals surface area contributed by atoms with Crippen molar-refractivity contribution in [3.05, 3.63) is 52.0 Å². The third-order valence-corrected chi connectivity index (χ3v) is 3.50. The zero-order valence-corrected chi connectivity index (χ0v) is 13.2. The molecule has 3 N–H and O–H groups in total. The highest BCUT2D eigenvalue weighted by atomic mass is 79.9. The van der Waals surface area contributed by atoms with Crippen LogP contribution in [0, 0.1) is 6.92 Å². The van der Waals surface area contributed by atoms with E-state index in [1.54, 1.807) is 31.4 Å². The van der Waals surface area contributed by atoms with Gasteiger partial charge in [0.05, 0.1) is 17.1 Å². The molecule has 0 radical (unpaired) electrons. The number of oxime groups is 1. The monoisotopic (exact) mass is 350 g/mol. The van der Waals surface area contributed by atoms with Crippen LogP contribution in [0.25, 0.3) is 0 Å². The minimum Gasteiger partial charge on any atom is -0.497 e. The zero-order valence-electron chi connectivity index (χ0n) is 11.6. The molecule has 0 fully saturated rings. The Kier molecular flexibility index (Phi) is 4.70. The number of rotatable bonds is 4. The number of amidine groups is 1. The van der Waals surface area contributed by atoms with Crippen LogP contribution in [-0.4, -0.2) is 18.2 Å². The lowest BCUT2D eigenvalue weighted by molar-refractivity contribution is 0.318. The molecule has 0 saturated carbocycles. The predicted molar refractivity (Wildman–Crippen MR) is 84.5 cm³/mol. The maximum absolute atomic E-state index is 8.85. The van der Waals surface area contributed by atoms with Gasteiger partial charge in [0, 0.05) is 0 Å². The van der Waals surface area contributed by atoms with Crippen molar-refractivity contribution >= 4 is 21.8 Å². The number of halogens is 1. The summed E-state index contributed by atoms with van der Waals surface area (Å²) in [5.74, 6) is 1.83.